The van der Waals surface area contributed by atoms with Gasteiger partial charge in [0.05, 0.1) is 37.3 Å². The Bertz CT molecular complexity index is 1090. The fourth-order valence-electron chi connectivity index (χ4n) is 3.61. The van der Waals surface area contributed by atoms with Gasteiger partial charge in [0, 0.05) is 43.4 Å². The molecule has 1 fully saturated rings. The van der Waals surface area contributed by atoms with Crippen molar-refractivity contribution in [1.29, 1.82) is 0 Å². The molecule has 2 aromatic rings. The van der Waals surface area contributed by atoms with E-state index in [1.54, 1.807) is 13.2 Å². The topological polar surface area (TPSA) is 68.7 Å². The van der Waals surface area contributed by atoms with Gasteiger partial charge in [0.15, 0.2) is 0 Å². The van der Waals surface area contributed by atoms with Gasteiger partial charge in [-0.3, -0.25) is 4.90 Å². The molecular weight excluding hydrogens is 459 g/mol. The number of hydrogen-bond donors (Lipinski definition) is 1. The van der Waals surface area contributed by atoms with Gasteiger partial charge in [0.25, 0.3) is 0 Å². The number of halogens is 2. The lowest BCUT2D eigenvalue weighted by Gasteiger charge is -2.26. The number of aromatic nitrogens is 2. The summed E-state index contributed by atoms with van der Waals surface area (Å²) >= 11 is 5.87. The van der Waals surface area contributed by atoms with Crippen molar-refractivity contribution in [3.05, 3.63) is 57.5 Å². The van der Waals surface area contributed by atoms with E-state index >= 15 is 0 Å². The van der Waals surface area contributed by atoms with E-state index < -0.39 is 5.82 Å². The van der Waals surface area contributed by atoms with Crippen LogP contribution in [0.2, 0.25) is 5.02 Å². The molecule has 0 saturated carbocycles. The second-order valence-corrected chi connectivity index (χ2v) is 8.22. The molecule has 1 aromatic carbocycles. The van der Waals surface area contributed by atoms with Crippen molar-refractivity contribution < 1.29 is 18.6 Å². The minimum Gasteiger partial charge on any atom is -0.497 e. The van der Waals surface area contributed by atoms with Crippen LogP contribution in [0.1, 0.15) is 26.2 Å². The summed E-state index contributed by atoms with van der Waals surface area (Å²) in [5.74, 6) is 1.63. The van der Waals surface area contributed by atoms with Crippen LogP contribution in [0.4, 0.5) is 15.9 Å². The second kappa shape index (κ2) is 13.3. The molecule has 1 N–H and O–H groups in total. The van der Waals surface area contributed by atoms with Gasteiger partial charge in [0.2, 0.25) is 0 Å². The minimum atomic E-state index is -0.479. The van der Waals surface area contributed by atoms with Gasteiger partial charge in [-0.15, -0.1) is 0 Å². The third-order valence-electron chi connectivity index (χ3n) is 5.52. The standard InChI is InChI=1S/C25H32ClFN4O3/c1-4-23(34-13-5-10-31-11-14-33-15-12-31)24(32-3)9-8-22-18(2)25(29-17-28-22)30-19-6-7-21(27)20(26)16-19/h6-8,16-17H,2,4-5,9-15H2,1,3H3,(H,28,29,30)/b22-8+,24-23-. The summed E-state index contributed by atoms with van der Waals surface area (Å²) in [4.78, 5) is 11.0. The van der Waals surface area contributed by atoms with Crippen molar-refractivity contribution in [3.63, 3.8) is 0 Å². The zero-order valence-corrected chi connectivity index (χ0v) is 20.5. The molecule has 1 aliphatic heterocycles. The first kappa shape index (κ1) is 25.9. The van der Waals surface area contributed by atoms with E-state index in [-0.39, 0.29) is 5.02 Å². The molecule has 184 valence electrons. The molecule has 0 unspecified atom stereocenters. The third-order valence-corrected chi connectivity index (χ3v) is 5.81. The van der Waals surface area contributed by atoms with Gasteiger partial charge in [-0.25, -0.2) is 14.4 Å². The number of ether oxygens (including phenoxy) is 3. The Morgan fingerprint density at radius 2 is 2.09 bits per heavy atom. The van der Waals surface area contributed by atoms with Gasteiger partial charge in [-0.1, -0.05) is 31.2 Å². The number of methoxy groups -OCH3 is 1. The first-order valence-corrected chi connectivity index (χ1v) is 11.8. The second-order valence-electron chi connectivity index (χ2n) is 7.81. The van der Waals surface area contributed by atoms with Crippen LogP contribution in [-0.4, -0.2) is 61.4 Å². The van der Waals surface area contributed by atoms with Crippen molar-refractivity contribution in [2.75, 3.05) is 51.9 Å². The molecule has 2 heterocycles. The number of anilines is 2. The maximum Gasteiger partial charge on any atom is 0.141 e. The van der Waals surface area contributed by atoms with Crippen LogP contribution in [0.15, 0.2) is 36.0 Å². The maximum absolute atomic E-state index is 13.4. The lowest BCUT2D eigenvalue weighted by Crippen LogP contribution is -2.37. The first-order chi connectivity index (χ1) is 16.5. The zero-order chi connectivity index (χ0) is 24.3. The molecule has 1 aromatic heterocycles. The maximum atomic E-state index is 13.4. The summed E-state index contributed by atoms with van der Waals surface area (Å²) < 4.78 is 30.5. The molecule has 1 aliphatic rings. The van der Waals surface area contributed by atoms with Crippen LogP contribution in [-0.2, 0) is 14.2 Å². The predicted molar refractivity (Wildman–Crippen MR) is 133 cm³/mol. The van der Waals surface area contributed by atoms with E-state index in [0.29, 0.717) is 35.1 Å². The predicted octanol–water partition coefficient (Wildman–Crippen LogP) is 3.60. The number of nitrogens with zero attached hydrogens (tertiary/aromatic N) is 3. The van der Waals surface area contributed by atoms with Crippen molar-refractivity contribution in [2.24, 2.45) is 0 Å². The van der Waals surface area contributed by atoms with Crippen molar-refractivity contribution in [1.82, 2.24) is 14.9 Å². The SMILES string of the molecule is C=c1c(Nc2ccc(F)c(Cl)c2)ncn/c1=C/C/C(OC)=C(\CC)OCCCN1CCOCC1. The molecule has 0 amide bonds. The van der Waals surface area contributed by atoms with E-state index in [1.165, 1.54) is 18.5 Å². The first-order valence-electron chi connectivity index (χ1n) is 11.4. The van der Waals surface area contributed by atoms with E-state index in [0.717, 1.165) is 57.2 Å². The highest BCUT2D eigenvalue weighted by Crippen LogP contribution is 2.21. The quantitative estimate of drug-likeness (QED) is 0.381. The van der Waals surface area contributed by atoms with E-state index in [4.69, 9.17) is 25.8 Å². The molecule has 0 atom stereocenters. The lowest BCUT2D eigenvalue weighted by molar-refractivity contribution is 0.0339. The molecule has 0 radical (unpaired) electrons. The van der Waals surface area contributed by atoms with Gasteiger partial charge < -0.3 is 19.5 Å². The minimum absolute atomic E-state index is 0.0309. The van der Waals surface area contributed by atoms with Crippen LogP contribution in [0.3, 0.4) is 0 Å². The van der Waals surface area contributed by atoms with Crippen molar-refractivity contribution >= 4 is 35.8 Å². The van der Waals surface area contributed by atoms with E-state index in [9.17, 15) is 4.39 Å². The number of benzene rings is 1. The highest BCUT2D eigenvalue weighted by atomic mass is 35.5. The zero-order valence-electron chi connectivity index (χ0n) is 19.8. The number of morpholine rings is 1. The van der Waals surface area contributed by atoms with E-state index in [1.807, 2.05) is 13.0 Å². The van der Waals surface area contributed by atoms with Crippen LogP contribution in [0, 0.1) is 5.82 Å². The Balaban J connectivity index is 1.65. The Labute approximate surface area is 204 Å². The fraction of sp³-hybridized carbons (Fsp3) is 0.440. The van der Waals surface area contributed by atoms with E-state index in [2.05, 4.69) is 26.8 Å². The highest BCUT2D eigenvalue weighted by molar-refractivity contribution is 6.31. The number of nitrogens with one attached hydrogen (secondary N) is 1. The molecule has 34 heavy (non-hydrogen) atoms. The Kier molecular flexibility index (Phi) is 10.1. The summed E-state index contributed by atoms with van der Waals surface area (Å²) in [6, 6.07) is 4.38. The molecular formula is C25H32ClFN4O3. The monoisotopic (exact) mass is 490 g/mol. The summed E-state index contributed by atoms with van der Waals surface area (Å²) in [6.45, 7) is 11.3. The van der Waals surface area contributed by atoms with Crippen molar-refractivity contribution in [2.45, 2.75) is 26.2 Å². The van der Waals surface area contributed by atoms with Gasteiger partial charge in [-0.05, 0) is 24.6 Å². The highest BCUT2D eigenvalue weighted by Gasteiger charge is 2.11. The molecule has 0 spiro atoms. The summed E-state index contributed by atoms with van der Waals surface area (Å²) in [7, 11) is 1.65. The third kappa shape index (κ3) is 7.41. The van der Waals surface area contributed by atoms with Gasteiger partial charge in [0.1, 0.15) is 29.5 Å². The smallest absolute Gasteiger partial charge is 0.141 e. The lowest BCUT2D eigenvalue weighted by atomic mass is 10.2. The fourth-order valence-corrected chi connectivity index (χ4v) is 3.79. The van der Waals surface area contributed by atoms with Crippen molar-refractivity contribution in [3.8, 4) is 0 Å². The van der Waals surface area contributed by atoms with Crippen LogP contribution < -0.4 is 15.9 Å². The Hall–Kier alpha value is -2.68. The number of rotatable bonds is 11. The largest absolute Gasteiger partial charge is 0.497 e. The number of hydrogen-bond acceptors (Lipinski definition) is 7. The summed E-state index contributed by atoms with van der Waals surface area (Å²) in [6.07, 6.45) is 5.56. The Morgan fingerprint density at radius 3 is 2.79 bits per heavy atom. The number of allylic oxidation sites excluding steroid dienone is 2. The van der Waals surface area contributed by atoms with Gasteiger partial charge >= 0.3 is 0 Å². The average molecular weight is 491 g/mol. The summed E-state index contributed by atoms with van der Waals surface area (Å²) in [5, 5.41) is 4.43. The van der Waals surface area contributed by atoms with Gasteiger partial charge in [-0.2, -0.15) is 0 Å². The van der Waals surface area contributed by atoms with Crippen LogP contribution in [0.25, 0.3) is 12.7 Å². The average Bonchev–Trinajstić information content (AvgIpc) is 2.85. The molecule has 7 nitrogen and oxygen atoms in total. The molecule has 0 bridgehead atoms. The molecule has 1 saturated heterocycles. The Morgan fingerprint density at radius 1 is 1.29 bits per heavy atom. The molecule has 9 heteroatoms. The van der Waals surface area contributed by atoms with Crippen LogP contribution in [0.5, 0.6) is 0 Å². The molecule has 0 aliphatic carbocycles. The van der Waals surface area contributed by atoms with Crippen LogP contribution >= 0.6 is 11.6 Å². The summed E-state index contributed by atoms with van der Waals surface area (Å²) in [5.41, 5.74) is 0.608. The normalized spacial score (nSPS) is 15.7. The molecule has 3 rings (SSSR count).